The predicted octanol–water partition coefficient (Wildman–Crippen LogP) is -0.0211. The van der Waals surface area contributed by atoms with Crippen molar-refractivity contribution >= 4 is 36.9 Å². The van der Waals surface area contributed by atoms with E-state index in [1.165, 1.54) is 3.32 Å². The third kappa shape index (κ3) is 1.13. The van der Waals surface area contributed by atoms with E-state index in [9.17, 15) is 4.79 Å². The first-order chi connectivity index (χ1) is 5.83. The number of aldehydes is 1. The summed E-state index contributed by atoms with van der Waals surface area (Å²) < 4.78 is 9.24. The Morgan fingerprint density at radius 3 is 2.83 bits per heavy atom. The molecule has 1 aliphatic rings. The summed E-state index contributed by atoms with van der Waals surface area (Å²) in [4.78, 5) is 10.6. The number of hydrogen-bond acceptors (Lipinski definition) is 2. The summed E-state index contributed by atoms with van der Waals surface area (Å²) in [7, 11) is 0. The van der Waals surface area contributed by atoms with E-state index in [2.05, 4.69) is 0 Å². The number of rotatable bonds is 1. The molecule has 1 heterocycles. The molecule has 0 saturated carbocycles. The van der Waals surface area contributed by atoms with Crippen molar-refractivity contribution in [3.05, 3.63) is 33.7 Å². The standard InChI is InChI=1S/C9H6O.In.H2N/c1-8(7-10)9-5-3-2-4-6-9;;/h1-5,7H;;1H2/q;+1;-1. The summed E-state index contributed by atoms with van der Waals surface area (Å²) in [5, 5.41) is 0. The molecular weight excluding hydrogens is 253 g/mol. The van der Waals surface area contributed by atoms with Gasteiger partial charge in [0, 0.05) is 0 Å². The zero-order valence-corrected chi connectivity index (χ0v) is 9.82. The molecule has 0 fully saturated rings. The van der Waals surface area contributed by atoms with Crippen LogP contribution in [0.5, 0.6) is 0 Å². The first-order valence-corrected chi connectivity index (χ1v) is 9.30. The number of carbonyl (C=O) groups excluding carboxylic acids is 1. The van der Waals surface area contributed by atoms with Gasteiger partial charge >= 0.3 is 79.1 Å². The van der Waals surface area contributed by atoms with E-state index in [0.29, 0.717) is 0 Å². The minimum absolute atomic E-state index is 0.800. The summed E-state index contributed by atoms with van der Waals surface area (Å²) in [5.74, 6) is 0. The molecule has 1 aromatic rings. The molecule has 0 bridgehead atoms. The third-order valence-corrected chi connectivity index (χ3v) is 7.65. The van der Waals surface area contributed by atoms with Crippen molar-refractivity contribution in [2.75, 3.05) is 0 Å². The van der Waals surface area contributed by atoms with E-state index in [4.69, 9.17) is 3.72 Å². The molecule has 0 saturated heterocycles. The van der Waals surface area contributed by atoms with Crippen molar-refractivity contribution < 1.29 is 4.79 Å². The van der Waals surface area contributed by atoms with Crippen LogP contribution >= 0.6 is 0 Å². The van der Waals surface area contributed by atoms with Gasteiger partial charge in [-0.15, -0.1) is 0 Å². The van der Waals surface area contributed by atoms with Crippen LogP contribution in [-0.2, 0) is 4.79 Å². The monoisotopic (exact) mass is 261 g/mol. The van der Waals surface area contributed by atoms with E-state index >= 15 is 0 Å². The second-order valence-electron chi connectivity index (χ2n) is 2.85. The Balaban J connectivity index is 2.60. The Kier molecular flexibility index (Phi) is 2.07. The van der Waals surface area contributed by atoms with Gasteiger partial charge in [0.25, 0.3) is 0 Å². The van der Waals surface area contributed by atoms with Crippen molar-refractivity contribution in [1.29, 1.82) is 0 Å². The second kappa shape index (κ2) is 3.07. The van der Waals surface area contributed by atoms with Gasteiger partial charge in [-0.3, -0.25) is 0 Å². The van der Waals surface area contributed by atoms with Gasteiger partial charge in [-0.2, -0.15) is 0 Å². The molecule has 1 aliphatic heterocycles. The van der Waals surface area contributed by atoms with Crippen molar-refractivity contribution in [1.82, 2.24) is 0 Å². The van der Waals surface area contributed by atoms with Crippen LogP contribution in [0.4, 0.5) is 0 Å². The van der Waals surface area contributed by atoms with E-state index < -0.39 is 21.7 Å². The SMILES string of the molecule is [NH2][In]1[CH]=C(C=O)c2cccc[c]21. The molecule has 3 heteroatoms. The summed E-state index contributed by atoms with van der Waals surface area (Å²) >= 11 is -2.08. The predicted molar refractivity (Wildman–Crippen MR) is 50.1 cm³/mol. The molecule has 1 aromatic carbocycles. The van der Waals surface area contributed by atoms with Crippen molar-refractivity contribution in [3.63, 3.8) is 0 Å². The molecule has 2 rings (SSSR count). The average molecular weight is 261 g/mol. The summed E-state index contributed by atoms with van der Waals surface area (Å²) in [6.45, 7) is 0. The molecule has 0 amide bonds. The van der Waals surface area contributed by atoms with Crippen LogP contribution in [0.3, 0.4) is 0 Å². The molecule has 0 unspecified atom stereocenters. The maximum atomic E-state index is 10.6. The zero-order valence-electron chi connectivity index (χ0n) is 6.53. The van der Waals surface area contributed by atoms with Crippen LogP contribution in [0.2, 0.25) is 0 Å². The first kappa shape index (κ1) is 8.08. The van der Waals surface area contributed by atoms with Gasteiger partial charge in [0.05, 0.1) is 0 Å². The van der Waals surface area contributed by atoms with Gasteiger partial charge in [0.2, 0.25) is 0 Å². The van der Waals surface area contributed by atoms with Crippen LogP contribution in [0, 0.1) is 0 Å². The van der Waals surface area contributed by atoms with Crippen LogP contribution < -0.4 is 7.04 Å². The van der Waals surface area contributed by atoms with Gasteiger partial charge in [-0.05, 0) is 0 Å². The maximum absolute atomic E-state index is 10.6. The van der Waals surface area contributed by atoms with E-state index in [-0.39, 0.29) is 0 Å². The van der Waals surface area contributed by atoms with Crippen molar-refractivity contribution in [2.24, 2.45) is 3.72 Å². The Hall–Kier alpha value is -0.540. The van der Waals surface area contributed by atoms with E-state index in [1.807, 2.05) is 28.1 Å². The fourth-order valence-corrected chi connectivity index (χ4v) is 6.61. The second-order valence-corrected chi connectivity index (χ2v) is 8.58. The number of fused-ring (bicyclic) bond motifs is 1. The number of hydrogen-bond donors (Lipinski definition) is 1. The molecule has 0 radical (unpaired) electrons. The number of carbonyl (C=O) groups is 1. The van der Waals surface area contributed by atoms with Crippen molar-refractivity contribution in [2.45, 2.75) is 0 Å². The number of benzene rings is 1. The first-order valence-electron chi connectivity index (χ1n) is 3.85. The summed E-state index contributed by atoms with van der Waals surface area (Å²) in [5.41, 5.74) is 1.87. The average Bonchev–Trinajstić information content (AvgIpc) is 2.44. The Bertz CT molecular complexity index is 359. The normalized spacial score (nSPS) is 14.1. The van der Waals surface area contributed by atoms with E-state index in [1.54, 1.807) is 0 Å². The van der Waals surface area contributed by atoms with Crippen LogP contribution in [0.25, 0.3) is 5.57 Å². The summed E-state index contributed by atoms with van der Waals surface area (Å²) in [6, 6.07) is 7.94. The third-order valence-electron chi connectivity index (χ3n) is 2.12. The van der Waals surface area contributed by atoms with Crippen LogP contribution in [0.1, 0.15) is 5.56 Å². The molecule has 0 spiro atoms. The molecule has 12 heavy (non-hydrogen) atoms. The van der Waals surface area contributed by atoms with Gasteiger partial charge in [0.15, 0.2) is 0 Å². The Morgan fingerprint density at radius 2 is 2.08 bits per heavy atom. The molecule has 0 atom stereocenters. The van der Waals surface area contributed by atoms with Crippen LogP contribution in [-0.4, -0.2) is 28.0 Å². The summed E-state index contributed by atoms with van der Waals surface area (Å²) in [6.07, 6.45) is 0.905. The molecule has 58 valence electrons. The molecule has 0 aliphatic carbocycles. The molecule has 0 aromatic heterocycles. The number of nitrogens with two attached hydrogens (primary N) is 1. The van der Waals surface area contributed by atoms with Crippen molar-refractivity contribution in [3.8, 4) is 0 Å². The molecular formula is C9H8InNO. The van der Waals surface area contributed by atoms with Gasteiger partial charge in [-0.25, -0.2) is 0 Å². The van der Waals surface area contributed by atoms with Gasteiger partial charge in [-0.1, -0.05) is 0 Å². The van der Waals surface area contributed by atoms with Gasteiger partial charge < -0.3 is 0 Å². The Labute approximate surface area is 79.0 Å². The van der Waals surface area contributed by atoms with Crippen LogP contribution in [0.15, 0.2) is 28.1 Å². The minimum atomic E-state index is -2.08. The quantitative estimate of drug-likeness (QED) is 0.722. The molecule has 2 nitrogen and oxygen atoms in total. The van der Waals surface area contributed by atoms with Gasteiger partial charge in [0.1, 0.15) is 0 Å². The zero-order chi connectivity index (χ0) is 8.55. The molecule has 2 N–H and O–H groups in total. The number of allylic oxidation sites excluding steroid dienone is 1. The fourth-order valence-electron chi connectivity index (χ4n) is 1.53. The topological polar surface area (TPSA) is 43.1 Å². The Morgan fingerprint density at radius 1 is 1.33 bits per heavy atom. The fraction of sp³-hybridized carbons (Fsp3) is 0. The van der Waals surface area contributed by atoms with E-state index in [0.717, 1.165) is 17.4 Å².